The fourth-order valence-corrected chi connectivity index (χ4v) is 5.14. The smallest absolute Gasteiger partial charge is 0.125 e. The number of aromatic amines is 1. The molecule has 0 aliphatic carbocycles. The van der Waals surface area contributed by atoms with Gasteiger partial charge in [-0.1, -0.05) is 6.07 Å². The van der Waals surface area contributed by atoms with E-state index >= 15 is 0 Å². The van der Waals surface area contributed by atoms with Crippen LogP contribution in [0.3, 0.4) is 0 Å². The molecule has 4 heterocycles. The van der Waals surface area contributed by atoms with Crippen LogP contribution in [0.25, 0.3) is 22.0 Å². The minimum atomic E-state index is -0.212. The van der Waals surface area contributed by atoms with Crippen molar-refractivity contribution in [3.63, 3.8) is 0 Å². The van der Waals surface area contributed by atoms with E-state index in [0.717, 1.165) is 48.0 Å². The van der Waals surface area contributed by atoms with Crippen LogP contribution >= 0.6 is 0 Å². The van der Waals surface area contributed by atoms with E-state index < -0.39 is 0 Å². The Bertz CT molecular complexity index is 1120. The predicted octanol–water partition coefficient (Wildman–Crippen LogP) is 4.29. The van der Waals surface area contributed by atoms with Gasteiger partial charge < -0.3 is 15.2 Å². The number of nitrogens with one attached hydrogen (secondary N) is 2. The molecule has 2 aromatic carbocycles. The normalized spacial score (nSPS) is 20.2. The molecule has 6 rings (SSSR count). The van der Waals surface area contributed by atoms with E-state index in [1.807, 2.05) is 12.3 Å². The minimum absolute atomic E-state index is 0.212. The first-order chi connectivity index (χ1) is 14.2. The molecule has 1 aromatic heterocycles. The van der Waals surface area contributed by atoms with Gasteiger partial charge in [0.25, 0.3) is 0 Å². The van der Waals surface area contributed by atoms with Crippen LogP contribution in [0.2, 0.25) is 0 Å². The Morgan fingerprint density at radius 1 is 1.07 bits per heavy atom. The molecule has 2 saturated heterocycles. The summed E-state index contributed by atoms with van der Waals surface area (Å²) < 4.78 is 13.5. The maximum Gasteiger partial charge on any atom is 0.125 e. The van der Waals surface area contributed by atoms with E-state index in [0.29, 0.717) is 5.41 Å². The van der Waals surface area contributed by atoms with Gasteiger partial charge in [0.05, 0.1) is 5.69 Å². The first kappa shape index (κ1) is 17.4. The van der Waals surface area contributed by atoms with Crippen LogP contribution in [0.5, 0.6) is 0 Å². The third-order valence-electron chi connectivity index (χ3n) is 6.83. The summed E-state index contributed by atoms with van der Waals surface area (Å²) in [5.74, 6) is -0.212. The lowest BCUT2D eigenvalue weighted by Gasteiger charge is -2.56. The van der Waals surface area contributed by atoms with Crippen LogP contribution in [-0.4, -0.2) is 48.3 Å². The van der Waals surface area contributed by atoms with E-state index in [1.165, 1.54) is 49.1 Å². The Labute approximate surface area is 169 Å². The lowest BCUT2D eigenvalue weighted by Crippen LogP contribution is -2.71. The zero-order chi connectivity index (χ0) is 19.4. The largest absolute Gasteiger partial charge is 0.360 e. The van der Waals surface area contributed by atoms with Crippen LogP contribution in [0.15, 0.2) is 47.6 Å². The number of benzene rings is 2. The van der Waals surface area contributed by atoms with Gasteiger partial charge in [-0.25, -0.2) is 4.39 Å². The molecular formula is C24H25FN4. The summed E-state index contributed by atoms with van der Waals surface area (Å²) >= 11 is 0. The van der Waals surface area contributed by atoms with Gasteiger partial charge in [-0.05, 0) is 60.7 Å². The highest BCUT2D eigenvalue weighted by Crippen LogP contribution is 2.36. The third kappa shape index (κ3) is 3.00. The SMILES string of the molecule is Fc1ccc2c(-c3ccc4c(c3)CCC(CCN3CC5(CNC5)C3)=N4)c[nH]c2c1. The van der Waals surface area contributed by atoms with E-state index in [2.05, 4.69) is 33.4 Å². The number of likely N-dealkylation sites (tertiary alicyclic amines) is 1. The number of aliphatic imine (C=N–C) groups is 1. The topological polar surface area (TPSA) is 43.4 Å². The van der Waals surface area contributed by atoms with Crippen molar-refractivity contribution in [3.05, 3.63) is 54.0 Å². The summed E-state index contributed by atoms with van der Waals surface area (Å²) in [7, 11) is 0. The van der Waals surface area contributed by atoms with Crippen molar-refractivity contribution >= 4 is 22.3 Å². The fraction of sp³-hybridized carbons (Fsp3) is 0.375. The predicted molar refractivity (Wildman–Crippen MR) is 115 cm³/mol. The molecule has 0 atom stereocenters. The van der Waals surface area contributed by atoms with Gasteiger partial charge in [-0.15, -0.1) is 0 Å². The summed E-state index contributed by atoms with van der Waals surface area (Å²) in [5.41, 5.74) is 7.49. The molecule has 0 amide bonds. The molecule has 2 N–H and O–H groups in total. The monoisotopic (exact) mass is 388 g/mol. The Hall–Kier alpha value is -2.50. The lowest BCUT2D eigenvalue weighted by molar-refractivity contribution is -0.0373. The van der Waals surface area contributed by atoms with Crippen molar-refractivity contribution in [2.24, 2.45) is 10.4 Å². The molecular weight excluding hydrogens is 363 g/mol. The lowest BCUT2D eigenvalue weighted by atomic mass is 9.74. The second-order valence-electron chi connectivity index (χ2n) is 8.98. The molecule has 0 radical (unpaired) electrons. The summed E-state index contributed by atoms with van der Waals surface area (Å²) in [4.78, 5) is 10.7. The van der Waals surface area contributed by atoms with Crippen molar-refractivity contribution in [1.29, 1.82) is 0 Å². The molecule has 3 aliphatic rings. The van der Waals surface area contributed by atoms with Crippen LogP contribution < -0.4 is 5.32 Å². The van der Waals surface area contributed by atoms with Gasteiger partial charge in [0.15, 0.2) is 0 Å². The fourth-order valence-electron chi connectivity index (χ4n) is 5.14. The van der Waals surface area contributed by atoms with E-state index in [9.17, 15) is 4.39 Å². The summed E-state index contributed by atoms with van der Waals surface area (Å²) in [6.45, 7) is 6.04. The second-order valence-corrected chi connectivity index (χ2v) is 8.98. The van der Waals surface area contributed by atoms with Crippen LogP contribution in [-0.2, 0) is 6.42 Å². The molecule has 3 aliphatic heterocycles. The summed E-state index contributed by atoms with van der Waals surface area (Å²) in [6.07, 6.45) is 5.16. The number of nitrogens with zero attached hydrogens (tertiary/aromatic N) is 2. The quantitative estimate of drug-likeness (QED) is 0.700. The van der Waals surface area contributed by atoms with Crippen LogP contribution in [0.1, 0.15) is 18.4 Å². The van der Waals surface area contributed by atoms with Crippen LogP contribution in [0, 0.1) is 11.2 Å². The highest BCUT2D eigenvalue weighted by Gasteiger charge is 2.46. The Morgan fingerprint density at radius 3 is 2.79 bits per heavy atom. The number of H-pyrrole nitrogens is 1. The third-order valence-corrected chi connectivity index (χ3v) is 6.83. The molecule has 0 bridgehead atoms. The summed E-state index contributed by atoms with van der Waals surface area (Å²) in [6, 6.07) is 11.5. The highest BCUT2D eigenvalue weighted by molar-refractivity contribution is 5.96. The van der Waals surface area contributed by atoms with Gasteiger partial charge in [0, 0.05) is 66.5 Å². The number of hydrogen-bond acceptors (Lipinski definition) is 3. The number of halogens is 1. The van der Waals surface area contributed by atoms with E-state index in [-0.39, 0.29) is 5.82 Å². The molecule has 2 fully saturated rings. The highest BCUT2D eigenvalue weighted by atomic mass is 19.1. The van der Waals surface area contributed by atoms with Gasteiger partial charge in [-0.3, -0.25) is 4.99 Å². The first-order valence-electron chi connectivity index (χ1n) is 10.6. The number of hydrogen-bond donors (Lipinski definition) is 2. The molecule has 29 heavy (non-hydrogen) atoms. The maximum atomic E-state index is 13.5. The van der Waals surface area contributed by atoms with Crippen LogP contribution in [0.4, 0.5) is 10.1 Å². The number of rotatable bonds is 4. The molecule has 0 unspecified atom stereocenters. The van der Waals surface area contributed by atoms with Gasteiger partial charge >= 0.3 is 0 Å². The average Bonchev–Trinajstić information content (AvgIpc) is 3.08. The molecule has 148 valence electrons. The van der Waals surface area contributed by atoms with Gasteiger partial charge in [0.2, 0.25) is 0 Å². The zero-order valence-electron chi connectivity index (χ0n) is 16.5. The van der Waals surface area contributed by atoms with E-state index in [1.54, 1.807) is 6.07 Å². The van der Waals surface area contributed by atoms with Crippen molar-refractivity contribution in [3.8, 4) is 11.1 Å². The molecule has 4 nitrogen and oxygen atoms in total. The maximum absolute atomic E-state index is 13.5. The molecule has 5 heteroatoms. The summed E-state index contributed by atoms with van der Waals surface area (Å²) in [5, 5.41) is 4.45. The van der Waals surface area contributed by atoms with Crippen molar-refractivity contribution in [1.82, 2.24) is 15.2 Å². The average molecular weight is 388 g/mol. The van der Waals surface area contributed by atoms with E-state index in [4.69, 9.17) is 4.99 Å². The Kier molecular flexibility index (Phi) is 3.90. The standard InChI is InChI=1S/C24H25FN4/c25-18-3-5-20-21(11-27-23(20)10-18)16-2-6-22-17(9-16)1-4-19(28-22)7-8-29-14-24(15-29)12-26-13-24/h2-3,5-6,9-11,26-27H,1,4,7-8,12-15H2. The zero-order valence-corrected chi connectivity index (χ0v) is 16.5. The number of aryl methyl sites for hydroxylation is 1. The molecule has 3 aromatic rings. The number of fused-ring (bicyclic) bond motifs is 2. The molecule has 0 saturated carbocycles. The minimum Gasteiger partial charge on any atom is -0.360 e. The number of aromatic nitrogens is 1. The van der Waals surface area contributed by atoms with Crippen molar-refractivity contribution in [2.75, 3.05) is 32.7 Å². The van der Waals surface area contributed by atoms with Gasteiger partial charge in [0.1, 0.15) is 5.82 Å². The second kappa shape index (κ2) is 6.51. The van der Waals surface area contributed by atoms with Crippen molar-refractivity contribution in [2.45, 2.75) is 19.3 Å². The Morgan fingerprint density at radius 2 is 1.97 bits per heavy atom. The molecule has 1 spiro atoms. The Balaban J connectivity index is 1.18. The van der Waals surface area contributed by atoms with Gasteiger partial charge in [-0.2, -0.15) is 0 Å². The first-order valence-corrected chi connectivity index (χ1v) is 10.6. The van der Waals surface area contributed by atoms with Crippen molar-refractivity contribution < 1.29 is 4.39 Å².